The van der Waals surface area contributed by atoms with Crippen molar-refractivity contribution in [2.24, 2.45) is 4.99 Å². The fourth-order valence-corrected chi connectivity index (χ4v) is 3.37. The number of nitrogens with zero attached hydrogens (tertiary/aromatic N) is 3. The molecule has 0 atom stereocenters. The molecule has 10 heteroatoms. The quantitative estimate of drug-likeness (QED) is 0.637. The zero-order valence-electron chi connectivity index (χ0n) is 15.0. The van der Waals surface area contributed by atoms with Gasteiger partial charge in [0, 0.05) is 24.7 Å². The second-order valence-corrected chi connectivity index (χ2v) is 7.01. The molecular weight excluding hydrogens is 403 g/mol. The molecule has 1 aliphatic rings. The number of alkyl halides is 3. The number of rotatable bonds is 4. The van der Waals surface area contributed by atoms with E-state index in [1.54, 1.807) is 18.3 Å². The van der Waals surface area contributed by atoms with Crippen LogP contribution in [0.4, 0.5) is 18.3 Å². The van der Waals surface area contributed by atoms with Gasteiger partial charge in [0.15, 0.2) is 11.1 Å². The van der Waals surface area contributed by atoms with Crippen LogP contribution >= 0.6 is 11.3 Å². The third kappa shape index (κ3) is 4.65. The van der Waals surface area contributed by atoms with E-state index in [0.29, 0.717) is 22.3 Å². The molecule has 29 heavy (non-hydrogen) atoms. The van der Waals surface area contributed by atoms with Crippen molar-refractivity contribution in [3.63, 3.8) is 0 Å². The lowest BCUT2D eigenvalue weighted by molar-refractivity contribution is -0.137. The van der Waals surface area contributed by atoms with Gasteiger partial charge in [0.2, 0.25) is 5.88 Å². The van der Waals surface area contributed by atoms with E-state index < -0.39 is 11.7 Å². The van der Waals surface area contributed by atoms with Gasteiger partial charge < -0.3 is 15.4 Å². The highest BCUT2D eigenvalue weighted by Crippen LogP contribution is 2.35. The SMILES string of the molecule is FC(F)(F)c1ccc(Oc2ncccc2-c2csc(NC3=NCCCN3)n2)cc1. The molecule has 150 valence electrons. The van der Waals surface area contributed by atoms with Gasteiger partial charge in [-0.3, -0.25) is 4.99 Å². The molecule has 0 fully saturated rings. The molecule has 0 saturated heterocycles. The van der Waals surface area contributed by atoms with E-state index in [4.69, 9.17) is 4.74 Å². The van der Waals surface area contributed by atoms with Crippen LogP contribution in [0.25, 0.3) is 11.3 Å². The molecular formula is C19H16F3N5OS. The zero-order chi connectivity index (χ0) is 20.3. The molecule has 2 aromatic heterocycles. The van der Waals surface area contributed by atoms with Crippen LogP contribution in [-0.2, 0) is 6.18 Å². The summed E-state index contributed by atoms with van der Waals surface area (Å²) in [6.45, 7) is 1.62. The van der Waals surface area contributed by atoms with Crippen molar-refractivity contribution in [3.05, 3.63) is 53.5 Å². The van der Waals surface area contributed by atoms with Gasteiger partial charge >= 0.3 is 6.18 Å². The highest BCUT2D eigenvalue weighted by molar-refractivity contribution is 7.14. The summed E-state index contributed by atoms with van der Waals surface area (Å²) in [5, 5.41) is 8.82. The molecule has 6 nitrogen and oxygen atoms in total. The third-order valence-electron chi connectivity index (χ3n) is 4.07. The molecule has 4 rings (SSSR count). The number of hydrogen-bond acceptors (Lipinski definition) is 7. The first-order chi connectivity index (χ1) is 14.0. The van der Waals surface area contributed by atoms with Crippen molar-refractivity contribution in [1.29, 1.82) is 0 Å². The summed E-state index contributed by atoms with van der Waals surface area (Å²) < 4.78 is 43.9. The van der Waals surface area contributed by atoms with Crippen LogP contribution in [0.2, 0.25) is 0 Å². The first-order valence-electron chi connectivity index (χ1n) is 8.80. The number of anilines is 1. The molecule has 1 aromatic carbocycles. The predicted octanol–water partition coefficient (Wildman–Crippen LogP) is 4.78. The second-order valence-electron chi connectivity index (χ2n) is 6.15. The number of benzene rings is 1. The van der Waals surface area contributed by atoms with Gasteiger partial charge in [0.05, 0.1) is 16.8 Å². The Kier molecular flexibility index (Phi) is 5.34. The summed E-state index contributed by atoms with van der Waals surface area (Å²) in [6, 6.07) is 8.02. The Hall–Kier alpha value is -3.14. The monoisotopic (exact) mass is 419 g/mol. The fourth-order valence-electron chi connectivity index (χ4n) is 2.66. The van der Waals surface area contributed by atoms with E-state index in [-0.39, 0.29) is 11.6 Å². The Morgan fingerprint density at radius 2 is 1.97 bits per heavy atom. The Morgan fingerprint density at radius 3 is 2.69 bits per heavy atom. The van der Waals surface area contributed by atoms with Gasteiger partial charge in [-0.2, -0.15) is 13.2 Å². The van der Waals surface area contributed by atoms with Crippen LogP contribution in [0, 0.1) is 0 Å². The van der Waals surface area contributed by atoms with Crippen LogP contribution in [-0.4, -0.2) is 29.0 Å². The predicted molar refractivity (Wildman–Crippen MR) is 105 cm³/mol. The summed E-state index contributed by atoms with van der Waals surface area (Å²) >= 11 is 1.41. The maximum absolute atomic E-state index is 12.7. The van der Waals surface area contributed by atoms with Gasteiger partial charge in [0.1, 0.15) is 5.75 Å². The molecule has 0 bridgehead atoms. The van der Waals surface area contributed by atoms with Gasteiger partial charge in [-0.05, 0) is 42.8 Å². The van der Waals surface area contributed by atoms with E-state index >= 15 is 0 Å². The molecule has 1 aliphatic heterocycles. The fraction of sp³-hybridized carbons (Fsp3) is 0.211. The molecule has 0 saturated carbocycles. The number of thiazole rings is 1. The molecule has 0 radical (unpaired) electrons. The second kappa shape index (κ2) is 8.08. The minimum atomic E-state index is -4.39. The standard InChI is InChI=1S/C19H16F3N5OS/c20-19(21,22)12-4-6-13(7-5-12)28-16-14(3-1-8-23-16)15-11-29-18(26-15)27-17-24-9-2-10-25-17/h1,3-8,11H,2,9-10H2,(H2,24,25,26,27). The number of nitrogens with one attached hydrogen (secondary N) is 2. The molecule has 0 spiro atoms. The lowest BCUT2D eigenvalue weighted by atomic mass is 10.2. The van der Waals surface area contributed by atoms with Crippen LogP contribution in [0.5, 0.6) is 11.6 Å². The van der Waals surface area contributed by atoms with Gasteiger partial charge in [-0.15, -0.1) is 11.3 Å². The van der Waals surface area contributed by atoms with Crippen LogP contribution in [0.3, 0.4) is 0 Å². The van der Waals surface area contributed by atoms with E-state index in [9.17, 15) is 13.2 Å². The normalized spacial score (nSPS) is 14.1. The minimum Gasteiger partial charge on any atom is -0.438 e. The Morgan fingerprint density at radius 1 is 1.14 bits per heavy atom. The van der Waals surface area contributed by atoms with Gasteiger partial charge in [0.25, 0.3) is 0 Å². The van der Waals surface area contributed by atoms with Crippen molar-refractivity contribution in [3.8, 4) is 22.9 Å². The number of pyridine rings is 1. The molecule has 2 N–H and O–H groups in total. The Labute approximate surface area is 168 Å². The molecule has 0 aliphatic carbocycles. The summed E-state index contributed by atoms with van der Waals surface area (Å²) in [5.41, 5.74) is 0.541. The van der Waals surface area contributed by atoms with Gasteiger partial charge in [-0.1, -0.05) is 0 Å². The summed E-state index contributed by atoms with van der Waals surface area (Å²) in [4.78, 5) is 13.1. The molecule has 0 unspecified atom stereocenters. The topological polar surface area (TPSA) is 71.4 Å². The summed E-state index contributed by atoms with van der Waals surface area (Å²) in [6.07, 6.45) is -1.85. The van der Waals surface area contributed by atoms with E-state index in [2.05, 4.69) is 25.6 Å². The number of guanidine groups is 1. The van der Waals surface area contributed by atoms with Crippen LogP contribution in [0.1, 0.15) is 12.0 Å². The van der Waals surface area contributed by atoms with Crippen LogP contribution in [0.15, 0.2) is 53.0 Å². The van der Waals surface area contributed by atoms with E-state index in [1.807, 2.05) is 5.38 Å². The average molecular weight is 419 g/mol. The Bertz CT molecular complexity index is 1020. The molecule has 0 amide bonds. The van der Waals surface area contributed by atoms with Gasteiger partial charge in [-0.25, -0.2) is 9.97 Å². The summed E-state index contributed by atoms with van der Waals surface area (Å²) in [7, 11) is 0. The smallest absolute Gasteiger partial charge is 0.416 e. The first-order valence-corrected chi connectivity index (χ1v) is 9.68. The van der Waals surface area contributed by atoms with Crippen molar-refractivity contribution in [1.82, 2.24) is 15.3 Å². The number of aliphatic imine (C=N–C) groups is 1. The zero-order valence-corrected chi connectivity index (χ0v) is 15.8. The van der Waals surface area contributed by atoms with Crippen molar-refractivity contribution >= 4 is 22.4 Å². The highest BCUT2D eigenvalue weighted by Gasteiger charge is 2.30. The number of hydrogen-bond donors (Lipinski definition) is 2. The number of halogens is 3. The van der Waals surface area contributed by atoms with Crippen molar-refractivity contribution in [2.45, 2.75) is 12.6 Å². The molecule has 3 heterocycles. The van der Waals surface area contributed by atoms with Crippen molar-refractivity contribution in [2.75, 3.05) is 18.4 Å². The Balaban J connectivity index is 1.53. The lowest BCUT2D eigenvalue weighted by Crippen LogP contribution is -2.35. The van der Waals surface area contributed by atoms with Crippen LogP contribution < -0.4 is 15.4 Å². The first kappa shape index (κ1) is 19.2. The average Bonchev–Trinajstić information content (AvgIpc) is 3.17. The number of ether oxygens (including phenoxy) is 1. The maximum atomic E-state index is 12.7. The van der Waals surface area contributed by atoms with E-state index in [1.165, 1.54) is 23.5 Å². The maximum Gasteiger partial charge on any atom is 0.416 e. The van der Waals surface area contributed by atoms with Crippen molar-refractivity contribution < 1.29 is 17.9 Å². The lowest BCUT2D eigenvalue weighted by Gasteiger charge is -2.14. The highest BCUT2D eigenvalue weighted by atomic mass is 32.1. The number of aromatic nitrogens is 2. The minimum absolute atomic E-state index is 0.257. The molecule has 3 aromatic rings. The van der Waals surface area contributed by atoms with E-state index in [0.717, 1.165) is 31.6 Å². The summed E-state index contributed by atoms with van der Waals surface area (Å²) in [5.74, 6) is 1.20. The third-order valence-corrected chi connectivity index (χ3v) is 4.83. The largest absolute Gasteiger partial charge is 0.438 e.